The minimum Gasteiger partial charge on any atom is -0.428 e. The summed E-state index contributed by atoms with van der Waals surface area (Å²) in [5, 5.41) is 0. The van der Waals surface area contributed by atoms with Crippen LogP contribution in [0.3, 0.4) is 0 Å². The van der Waals surface area contributed by atoms with E-state index in [1.807, 2.05) is 0 Å². The van der Waals surface area contributed by atoms with Gasteiger partial charge in [0.25, 0.3) is 0 Å². The molecule has 0 radical (unpaired) electrons. The van der Waals surface area contributed by atoms with Crippen molar-refractivity contribution in [3.8, 4) is 0 Å². The smallest absolute Gasteiger partial charge is 0.416 e. The summed E-state index contributed by atoms with van der Waals surface area (Å²) in [7, 11) is 0. The van der Waals surface area contributed by atoms with Crippen LogP contribution in [0.1, 0.15) is 31.9 Å². The fourth-order valence-corrected chi connectivity index (χ4v) is 4.08. The fraction of sp³-hybridized carbons (Fsp3) is 0.476. The van der Waals surface area contributed by atoms with Crippen LogP contribution < -0.4 is 4.90 Å². The lowest BCUT2D eigenvalue weighted by Gasteiger charge is -2.31. The van der Waals surface area contributed by atoms with E-state index in [0.717, 1.165) is 0 Å². The molecule has 3 heterocycles. The molecule has 2 bridgehead atoms. The molecule has 1 aromatic rings. The molecule has 3 aliphatic rings. The first-order chi connectivity index (χ1) is 15.0. The van der Waals surface area contributed by atoms with Crippen LogP contribution in [0, 0.1) is 17.3 Å². The molecule has 2 fully saturated rings. The molecule has 0 N–H and O–H groups in total. The first-order valence-electron chi connectivity index (χ1n) is 9.74. The fourth-order valence-electron chi connectivity index (χ4n) is 4.08. The number of hydrogen-bond donors (Lipinski definition) is 0. The van der Waals surface area contributed by atoms with Gasteiger partial charge < -0.3 is 9.47 Å². The minimum atomic E-state index is -5.16. The van der Waals surface area contributed by atoms with Gasteiger partial charge in [-0.1, -0.05) is 6.08 Å². The average molecular weight is 477 g/mol. The second kappa shape index (κ2) is 6.81. The van der Waals surface area contributed by atoms with E-state index < -0.39 is 76.1 Å². The summed E-state index contributed by atoms with van der Waals surface area (Å²) in [5.74, 6) is -7.62. The lowest BCUT2D eigenvalue weighted by atomic mass is 9.82. The van der Waals surface area contributed by atoms with Crippen LogP contribution in [0.4, 0.5) is 32.0 Å². The molecule has 0 saturated carbocycles. The lowest BCUT2D eigenvalue weighted by molar-refractivity contribution is -0.212. The molecule has 2 saturated heterocycles. The molecule has 0 aliphatic carbocycles. The predicted molar refractivity (Wildman–Crippen MR) is 98.2 cm³/mol. The summed E-state index contributed by atoms with van der Waals surface area (Å²) in [4.78, 5) is 38.9. The van der Waals surface area contributed by atoms with E-state index in [2.05, 4.69) is 0 Å². The number of rotatable bonds is 2. The van der Waals surface area contributed by atoms with E-state index in [4.69, 9.17) is 9.47 Å². The van der Waals surface area contributed by atoms with Crippen molar-refractivity contribution in [3.63, 3.8) is 0 Å². The van der Waals surface area contributed by atoms with E-state index in [1.165, 1.54) is 32.9 Å². The zero-order valence-corrected chi connectivity index (χ0v) is 17.4. The zero-order valence-electron chi connectivity index (χ0n) is 17.4. The highest BCUT2D eigenvalue weighted by atomic mass is 19.4. The van der Waals surface area contributed by atoms with Crippen molar-refractivity contribution in [1.29, 1.82) is 0 Å². The third-order valence-electron chi connectivity index (χ3n) is 5.67. The molecule has 6 nitrogen and oxygen atoms in total. The van der Waals surface area contributed by atoms with Crippen LogP contribution in [-0.4, -0.2) is 29.7 Å². The van der Waals surface area contributed by atoms with Gasteiger partial charge >= 0.3 is 18.3 Å². The molecule has 178 valence electrons. The highest BCUT2D eigenvalue weighted by molar-refractivity contribution is 6.23. The number of carbonyl (C=O) groups is 3. The van der Waals surface area contributed by atoms with Gasteiger partial charge in [-0.3, -0.25) is 14.4 Å². The number of alkyl halides is 6. The van der Waals surface area contributed by atoms with Gasteiger partial charge in [0.15, 0.2) is 0 Å². The molecular formula is C21H17F6NO5. The Morgan fingerprint density at radius 1 is 0.970 bits per heavy atom. The molecule has 4 atom stereocenters. The third-order valence-corrected chi connectivity index (χ3v) is 5.67. The number of halogens is 6. The molecule has 12 heteroatoms. The van der Waals surface area contributed by atoms with Crippen molar-refractivity contribution in [2.24, 2.45) is 17.3 Å². The van der Waals surface area contributed by atoms with Crippen LogP contribution in [0.25, 0.3) is 0 Å². The van der Waals surface area contributed by atoms with Gasteiger partial charge in [-0.05, 0) is 45.0 Å². The number of benzene rings is 1. The summed E-state index contributed by atoms with van der Waals surface area (Å²) < 4.78 is 90.5. The second-order valence-corrected chi connectivity index (χ2v) is 9.08. The van der Waals surface area contributed by atoms with Gasteiger partial charge in [0.2, 0.25) is 17.6 Å². The van der Waals surface area contributed by atoms with Crippen molar-refractivity contribution >= 4 is 23.5 Å². The summed E-state index contributed by atoms with van der Waals surface area (Å²) in [5.41, 5.74) is -5.23. The summed E-state index contributed by atoms with van der Waals surface area (Å²) in [6, 6.07) is 0.503. The number of anilines is 1. The van der Waals surface area contributed by atoms with Crippen LogP contribution in [0.15, 0.2) is 30.4 Å². The molecule has 3 aliphatic heterocycles. The van der Waals surface area contributed by atoms with Crippen LogP contribution in [0.2, 0.25) is 0 Å². The monoisotopic (exact) mass is 477 g/mol. The largest absolute Gasteiger partial charge is 0.428 e. The highest BCUT2D eigenvalue weighted by Gasteiger charge is 2.70. The third kappa shape index (κ3) is 3.60. The Morgan fingerprint density at radius 3 is 2.00 bits per heavy atom. The van der Waals surface area contributed by atoms with Gasteiger partial charge in [0, 0.05) is 0 Å². The van der Waals surface area contributed by atoms with Crippen molar-refractivity contribution < 1.29 is 50.2 Å². The number of ether oxygens (including phenoxy) is 2. The van der Waals surface area contributed by atoms with Crippen LogP contribution in [0.5, 0.6) is 0 Å². The molecule has 2 amide bonds. The number of hydrogen-bond acceptors (Lipinski definition) is 5. The summed E-state index contributed by atoms with van der Waals surface area (Å²) in [6.45, 7) is 4.59. The first-order valence-corrected chi connectivity index (χ1v) is 9.74. The number of amides is 2. The van der Waals surface area contributed by atoms with Gasteiger partial charge in [0.1, 0.15) is 5.92 Å². The Kier molecular flexibility index (Phi) is 4.80. The predicted octanol–water partition coefficient (Wildman–Crippen LogP) is 4.08. The minimum absolute atomic E-state index is 0.101. The quantitative estimate of drug-likeness (QED) is 0.278. The van der Waals surface area contributed by atoms with Gasteiger partial charge in [0.05, 0.1) is 34.3 Å². The number of imide groups is 1. The molecule has 1 aromatic carbocycles. The Balaban J connectivity index is 1.77. The van der Waals surface area contributed by atoms with E-state index in [-0.39, 0.29) is 11.0 Å². The van der Waals surface area contributed by atoms with Crippen molar-refractivity contribution in [1.82, 2.24) is 0 Å². The summed E-state index contributed by atoms with van der Waals surface area (Å²) in [6.07, 6.45) is -8.71. The Morgan fingerprint density at radius 2 is 1.52 bits per heavy atom. The van der Waals surface area contributed by atoms with Crippen molar-refractivity contribution in [3.05, 3.63) is 41.5 Å². The van der Waals surface area contributed by atoms with E-state index >= 15 is 0 Å². The molecule has 33 heavy (non-hydrogen) atoms. The molecular weight excluding hydrogens is 460 g/mol. The molecule has 0 spiro atoms. The number of nitrogens with zero attached hydrogens (tertiary/aromatic N) is 1. The SMILES string of the molecule is CC(C)(C)C(=O)O[C@@]12C=C[C@@H](O1)[C@@H]1C(=O)N(c3cc(C(F)(F)F)cc(C(F)(F)F)c3)C(=O)[C@H]12. The van der Waals surface area contributed by atoms with E-state index in [9.17, 15) is 40.7 Å². The van der Waals surface area contributed by atoms with Crippen LogP contribution in [-0.2, 0) is 36.2 Å². The lowest BCUT2D eigenvalue weighted by Crippen LogP contribution is -2.46. The Bertz CT molecular complexity index is 1050. The van der Waals surface area contributed by atoms with Crippen molar-refractivity contribution in [2.75, 3.05) is 4.90 Å². The van der Waals surface area contributed by atoms with Crippen molar-refractivity contribution in [2.45, 2.75) is 45.0 Å². The number of carbonyl (C=O) groups excluding carboxylic acids is 3. The maximum absolute atomic E-state index is 13.3. The average Bonchev–Trinajstić information content (AvgIpc) is 3.29. The molecule has 0 unspecified atom stereocenters. The number of fused-ring (bicyclic) bond motifs is 5. The standard InChI is InChI=1S/C21H17F6NO5/c1-18(2,3)17(31)33-19-5-4-12(32-19)13-14(19)16(30)28(15(13)29)11-7-9(20(22,23)24)6-10(8-11)21(25,26)27/h4-8,12-14H,1-3H3/t12-,13+,14+,19-/m1/s1. The maximum atomic E-state index is 13.3. The first kappa shape index (κ1) is 23.3. The Hall–Kier alpha value is -2.89. The normalized spacial score (nSPS) is 29.1. The Labute approximate surface area is 183 Å². The van der Waals surface area contributed by atoms with Gasteiger partial charge in [-0.2, -0.15) is 26.3 Å². The maximum Gasteiger partial charge on any atom is 0.416 e. The zero-order chi connectivity index (χ0) is 24.7. The van der Waals surface area contributed by atoms with Gasteiger partial charge in [-0.25, -0.2) is 4.90 Å². The molecule has 4 rings (SSSR count). The molecule has 0 aromatic heterocycles. The highest BCUT2D eigenvalue weighted by Crippen LogP contribution is 2.54. The van der Waals surface area contributed by atoms with E-state index in [1.54, 1.807) is 0 Å². The second-order valence-electron chi connectivity index (χ2n) is 9.08. The van der Waals surface area contributed by atoms with Gasteiger partial charge in [-0.15, -0.1) is 0 Å². The van der Waals surface area contributed by atoms with E-state index in [0.29, 0.717) is 12.1 Å². The van der Waals surface area contributed by atoms with Crippen LogP contribution >= 0.6 is 0 Å². The topological polar surface area (TPSA) is 72.9 Å². The number of esters is 1. The summed E-state index contributed by atoms with van der Waals surface area (Å²) >= 11 is 0.